The molecule has 124 valence electrons. The lowest BCUT2D eigenvalue weighted by Crippen LogP contribution is -2.27. The molecule has 2 aromatic heterocycles. The highest BCUT2D eigenvalue weighted by Crippen LogP contribution is 2.32. The van der Waals surface area contributed by atoms with E-state index in [-0.39, 0.29) is 5.91 Å². The molecule has 7 heteroatoms. The summed E-state index contributed by atoms with van der Waals surface area (Å²) >= 11 is 0. The van der Waals surface area contributed by atoms with Crippen LogP contribution in [0.2, 0.25) is 0 Å². The van der Waals surface area contributed by atoms with Crippen molar-refractivity contribution in [2.75, 3.05) is 6.54 Å². The van der Waals surface area contributed by atoms with Crippen LogP contribution in [-0.2, 0) is 19.4 Å². The zero-order valence-electron chi connectivity index (χ0n) is 13.6. The molecule has 1 amide bonds. The number of nitrogens with zero attached hydrogens (tertiary/aromatic N) is 4. The number of nitrogens with one attached hydrogen (secondary N) is 2. The van der Waals surface area contributed by atoms with E-state index in [1.807, 2.05) is 18.2 Å². The molecule has 0 radical (unpaired) electrons. The van der Waals surface area contributed by atoms with Gasteiger partial charge in [-0.3, -0.25) is 4.79 Å². The van der Waals surface area contributed by atoms with Gasteiger partial charge in [-0.05, 0) is 54.2 Å². The summed E-state index contributed by atoms with van der Waals surface area (Å²) in [4.78, 5) is 17.3. The molecule has 24 heavy (non-hydrogen) atoms. The van der Waals surface area contributed by atoms with Gasteiger partial charge in [-0.15, -0.1) is 10.2 Å². The molecule has 0 saturated heterocycles. The number of hydrogen-bond donors (Lipinski definition) is 2. The number of aromatic nitrogens is 5. The number of rotatable bonds is 4. The van der Waals surface area contributed by atoms with Crippen molar-refractivity contribution >= 4 is 16.8 Å². The first-order valence-corrected chi connectivity index (χ1v) is 8.33. The number of carbonyl (C=O) groups excluding carboxylic acids is 1. The van der Waals surface area contributed by atoms with Gasteiger partial charge < -0.3 is 10.3 Å². The molecule has 1 aliphatic rings. The monoisotopic (exact) mass is 324 g/mol. The SMILES string of the molecule is CC1CCc2[nH]c3ccc(C(=O)NCCn4ncnn4)cc3c2C1. The minimum absolute atomic E-state index is 0.0733. The van der Waals surface area contributed by atoms with Crippen LogP contribution in [0.5, 0.6) is 0 Å². The summed E-state index contributed by atoms with van der Waals surface area (Å²) in [7, 11) is 0. The Bertz CT molecular complexity index is 867. The van der Waals surface area contributed by atoms with Crippen LogP contribution in [0.4, 0.5) is 0 Å². The highest BCUT2D eigenvalue weighted by atomic mass is 16.1. The molecule has 1 unspecified atom stereocenters. The topological polar surface area (TPSA) is 88.5 Å². The van der Waals surface area contributed by atoms with E-state index in [2.05, 4.69) is 32.6 Å². The Kier molecular flexibility index (Phi) is 3.76. The fourth-order valence-corrected chi connectivity index (χ4v) is 3.39. The highest BCUT2D eigenvalue weighted by molar-refractivity contribution is 5.99. The molecule has 2 N–H and O–H groups in total. The standard InChI is InChI=1S/C17H20N6O/c1-11-2-4-15-13(8-11)14-9-12(3-5-16(14)21-15)17(24)18-6-7-23-20-10-19-22-23/h3,5,9-11,21H,2,4,6-8H2,1H3,(H,18,24). The second-order valence-electron chi connectivity index (χ2n) is 6.48. The summed E-state index contributed by atoms with van der Waals surface area (Å²) < 4.78 is 0. The van der Waals surface area contributed by atoms with Crippen LogP contribution in [0, 0.1) is 5.92 Å². The Labute approximate surface area is 139 Å². The first kappa shape index (κ1) is 14.9. The zero-order valence-corrected chi connectivity index (χ0v) is 13.6. The van der Waals surface area contributed by atoms with Crippen molar-refractivity contribution in [2.45, 2.75) is 32.7 Å². The molecule has 0 saturated carbocycles. The molecular formula is C17H20N6O. The highest BCUT2D eigenvalue weighted by Gasteiger charge is 2.20. The maximum Gasteiger partial charge on any atom is 0.251 e. The van der Waals surface area contributed by atoms with Crippen molar-refractivity contribution < 1.29 is 4.79 Å². The summed E-state index contributed by atoms with van der Waals surface area (Å²) in [6.07, 6.45) is 4.78. The minimum Gasteiger partial charge on any atom is -0.358 e. The average molecular weight is 324 g/mol. The first-order valence-electron chi connectivity index (χ1n) is 8.33. The quantitative estimate of drug-likeness (QED) is 0.764. The van der Waals surface area contributed by atoms with Crippen molar-refractivity contribution in [1.82, 2.24) is 30.5 Å². The van der Waals surface area contributed by atoms with E-state index in [1.165, 1.54) is 34.2 Å². The summed E-state index contributed by atoms with van der Waals surface area (Å²) in [6, 6.07) is 5.88. The van der Waals surface area contributed by atoms with Crippen LogP contribution in [-0.4, -0.2) is 37.6 Å². The number of tetrazole rings is 1. The third kappa shape index (κ3) is 2.77. The Morgan fingerprint density at radius 1 is 1.46 bits per heavy atom. The number of fused-ring (bicyclic) bond motifs is 3. The maximum absolute atomic E-state index is 12.4. The van der Waals surface area contributed by atoms with Crippen molar-refractivity contribution in [3.8, 4) is 0 Å². The maximum atomic E-state index is 12.4. The lowest BCUT2D eigenvalue weighted by molar-refractivity contribution is 0.0951. The lowest BCUT2D eigenvalue weighted by atomic mass is 9.87. The number of aromatic amines is 1. The molecule has 4 rings (SSSR count). The van der Waals surface area contributed by atoms with E-state index in [1.54, 1.807) is 0 Å². The molecule has 0 spiro atoms. The van der Waals surface area contributed by atoms with E-state index in [9.17, 15) is 4.79 Å². The van der Waals surface area contributed by atoms with E-state index in [0.29, 0.717) is 24.6 Å². The summed E-state index contributed by atoms with van der Waals surface area (Å²) in [5.41, 5.74) is 4.52. The van der Waals surface area contributed by atoms with Crippen molar-refractivity contribution in [2.24, 2.45) is 5.92 Å². The Morgan fingerprint density at radius 2 is 2.38 bits per heavy atom. The summed E-state index contributed by atoms with van der Waals surface area (Å²) in [5, 5.41) is 15.4. The van der Waals surface area contributed by atoms with Gasteiger partial charge in [0, 0.05) is 28.7 Å². The van der Waals surface area contributed by atoms with Crippen molar-refractivity contribution in [3.63, 3.8) is 0 Å². The van der Waals surface area contributed by atoms with E-state index >= 15 is 0 Å². The van der Waals surface area contributed by atoms with Gasteiger partial charge in [0.15, 0.2) is 6.33 Å². The predicted octanol–water partition coefficient (Wildman–Crippen LogP) is 1.71. The van der Waals surface area contributed by atoms with Gasteiger partial charge >= 0.3 is 0 Å². The molecule has 0 fully saturated rings. The number of benzene rings is 1. The molecule has 0 aliphatic heterocycles. The summed E-state index contributed by atoms with van der Waals surface area (Å²) in [5.74, 6) is 0.625. The van der Waals surface area contributed by atoms with Crippen LogP contribution in [0.15, 0.2) is 24.5 Å². The number of carbonyl (C=O) groups is 1. The second-order valence-corrected chi connectivity index (χ2v) is 6.48. The molecular weight excluding hydrogens is 304 g/mol. The number of amides is 1. The minimum atomic E-state index is -0.0733. The van der Waals surface area contributed by atoms with Gasteiger partial charge in [0.25, 0.3) is 5.91 Å². The largest absolute Gasteiger partial charge is 0.358 e. The first-order chi connectivity index (χ1) is 11.7. The Morgan fingerprint density at radius 3 is 3.21 bits per heavy atom. The van der Waals surface area contributed by atoms with Crippen molar-refractivity contribution in [3.05, 3.63) is 41.3 Å². The van der Waals surface area contributed by atoms with Gasteiger partial charge in [-0.1, -0.05) is 6.92 Å². The molecule has 2 heterocycles. The van der Waals surface area contributed by atoms with Crippen LogP contribution >= 0.6 is 0 Å². The van der Waals surface area contributed by atoms with Crippen LogP contribution in [0.1, 0.15) is 35.0 Å². The predicted molar refractivity (Wildman–Crippen MR) is 89.6 cm³/mol. The van der Waals surface area contributed by atoms with E-state index < -0.39 is 0 Å². The normalized spacial score (nSPS) is 17.0. The fourth-order valence-electron chi connectivity index (χ4n) is 3.39. The fraction of sp³-hybridized carbons (Fsp3) is 0.412. The lowest BCUT2D eigenvalue weighted by Gasteiger charge is -2.18. The third-order valence-corrected chi connectivity index (χ3v) is 4.69. The van der Waals surface area contributed by atoms with Gasteiger partial charge in [0.05, 0.1) is 6.54 Å². The second kappa shape index (κ2) is 6.07. The zero-order chi connectivity index (χ0) is 16.5. The molecule has 1 atom stereocenters. The Hall–Kier alpha value is -2.70. The molecule has 3 aromatic rings. The molecule has 7 nitrogen and oxygen atoms in total. The molecule has 1 aromatic carbocycles. The smallest absolute Gasteiger partial charge is 0.251 e. The van der Waals surface area contributed by atoms with Gasteiger partial charge in [0.2, 0.25) is 0 Å². The van der Waals surface area contributed by atoms with Crippen LogP contribution < -0.4 is 5.32 Å². The number of aryl methyl sites for hydroxylation is 1. The van der Waals surface area contributed by atoms with E-state index in [0.717, 1.165) is 18.4 Å². The van der Waals surface area contributed by atoms with E-state index in [4.69, 9.17) is 0 Å². The van der Waals surface area contributed by atoms with Gasteiger partial charge in [-0.25, -0.2) is 0 Å². The molecule has 1 aliphatic carbocycles. The van der Waals surface area contributed by atoms with Crippen molar-refractivity contribution in [1.29, 1.82) is 0 Å². The molecule has 0 bridgehead atoms. The van der Waals surface area contributed by atoms with Gasteiger partial charge in [-0.2, -0.15) is 4.80 Å². The average Bonchev–Trinajstić information content (AvgIpc) is 3.21. The Balaban J connectivity index is 1.51. The van der Waals surface area contributed by atoms with Crippen LogP contribution in [0.3, 0.4) is 0 Å². The van der Waals surface area contributed by atoms with Gasteiger partial charge in [0.1, 0.15) is 0 Å². The number of hydrogen-bond acceptors (Lipinski definition) is 4. The third-order valence-electron chi connectivity index (χ3n) is 4.69. The van der Waals surface area contributed by atoms with Crippen LogP contribution in [0.25, 0.3) is 10.9 Å². The summed E-state index contributed by atoms with van der Waals surface area (Å²) in [6.45, 7) is 3.26. The number of H-pyrrole nitrogens is 1.